The molecule has 0 bridgehead atoms. The number of nitrogens with zero attached hydrogens (tertiary/aromatic N) is 2. The van der Waals surface area contributed by atoms with Crippen molar-refractivity contribution in [2.45, 2.75) is 58.2 Å². The summed E-state index contributed by atoms with van der Waals surface area (Å²) in [6, 6.07) is 0.266. The van der Waals surface area contributed by atoms with Crippen molar-refractivity contribution in [3.05, 3.63) is 17.5 Å². The molecule has 0 N–H and O–H groups in total. The Morgan fingerprint density at radius 1 is 1.23 bits per heavy atom. The van der Waals surface area contributed by atoms with Gasteiger partial charge in [0.1, 0.15) is 5.69 Å². The first-order valence-electron chi connectivity index (χ1n) is 7.26. The van der Waals surface area contributed by atoms with Crippen LogP contribution in [0.15, 0.2) is 6.07 Å². The van der Waals surface area contributed by atoms with Crippen LogP contribution in [0.2, 0.25) is 0 Å². The van der Waals surface area contributed by atoms with E-state index in [1.54, 1.807) is 13.8 Å². The van der Waals surface area contributed by atoms with Crippen molar-refractivity contribution in [3.8, 4) is 0 Å². The van der Waals surface area contributed by atoms with Crippen LogP contribution >= 0.6 is 0 Å². The topological polar surface area (TPSA) is 27.1 Å². The van der Waals surface area contributed by atoms with E-state index in [9.17, 15) is 22.0 Å². The molecule has 0 spiro atoms. The van der Waals surface area contributed by atoms with Gasteiger partial charge >= 0.3 is 12.1 Å². The Balaban J connectivity index is 0.00000116. The van der Waals surface area contributed by atoms with Gasteiger partial charge < -0.3 is 4.74 Å². The van der Waals surface area contributed by atoms with Crippen molar-refractivity contribution in [1.29, 1.82) is 0 Å². The number of hydrogen-bond donors (Lipinski definition) is 0. The molecule has 128 valence electrons. The molecule has 0 amide bonds. The standard InChI is InChI=1S/C12H15F5N2O.C2H6/c1-7(2)9-5-10(11(13,14)12(15,16)17)19(18-9)8-3-4-20-6-8;1-2/h5,7-8H,3-4,6H2,1-2H3;1-2H3. The highest BCUT2D eigenvalue weighted by Gasteiger charge is 2.61. The fraction of sp³-hybridized carbons (Fsp3) is 0.786. The SMILES string of the molecule is CC.CC(C)c1cc(C(F)(F)C(F)(F)F)n(C2CCOC2)n1. The fourth-order valence-corrected chi connectivity index (χ4v) is 2.07. The monoisotopic (exact) mass is 328 g/mol. The van der Waals surface area contributed by atoms with Gasteiger partial charge in [-0.3, -0.25) is 4.68 Å². The van der Waals surface area contributed by atoms with Crippen molar-refractivity contribution >= 4 is 0 Å². The van der Waals surface area contributed by atoms with Gasteiger partial charge in [0.05, 0.1) is 18.3 Å². The van der Waals surface area contributed by atoms with Crippen LogP contribution in [0, 0.1) is 0 Å². The van der Waals surface area contributed by atoms with Gasteiger partial charge in [-0.25, -0.2) is 0 Å². The summed E-state index contributed by atoms with van der Waals surface area (Å²) in [4.78, 5) is 0. The fourth-order valence-electron chi connectivity index (χ4n) is 2.07. The zero-order valence-electron chi connectivity index (χ0n) is 13.0. The van der Waals surface area contributed by atoms with E-state index in [0.29, 0.717) is 13.0 Å². The lowest BCUT2D eigenvalue weighted by Crippen LogP contribution is -2.36. The minimum Gasteiger partial charge on any atom is -0.379 e. The van der Waals surface area contributed by atoms with Crippen LogP contribution in [0.1, 0.15) is 57.5 Å². The number of aromatic nitrogens is 2. The van der Waals surface area contributed by atoms with Gasteiger partial charge in [0.15, 0.2) is 0 Å². The summed E-state index contributed by atoms with van der Waals surface area (Å²) in [6.07, 6.45) is -5.27. The average Bonchev–Trinajstić information content (AvgIpc) is 3.08. The van der Waals surface area contributed by atoms with Gasteiger partial charge in [0.2, 0.25) is 0 Å². The summed E-state index contributed by atoms with van der Waals surface area (Å²) < 4.78 is 70.8. The molecule has 2 heterocycles. The summed E-state index contributed by atoms with van der Waals surface area (Å²) >= 11 is 0. The summed E-state index contributed by atoms with van der Waals surface area (Å²) in [5, 5.41) is 3.93. The number of ether oxygens (including phenoxy) is 1. The van der Waals surface area contributed by atoms with Crippen molar-refractivity contribution in [3.63, 3.8) is 0 Å². The number of rotatable bonds is 3. The van der Waals surface area contributed by atoms with Gasteiger partial charge in [-0.1, -0.05) is 27.7 Å². The second-order valence-corrected chi connectivity index (χ2v) is 5.14. The Morgan fingerprint density at radius 3 is 2.23 bits per heavy atom. The highest BCUT2D eigenvalue weighted by Crippen LogP contribution is 2.45. The van der Waals surface area contributed by atoms with Gasteiger partial charge in [0, 0.05) is 6.61 Å². The molecule has 0 saturated carbocycles. The largest absolute Gasteiger partial charge is 0.459 e. The van der Waals surface area contributed by atoms with Crippen LogP contribution in [-0.4, -0.2) is 29.2 Å². The Hall–Kier alpha value is -1.18. The molecule has 1 aliphatic rings. The summed E-state index contributed by atoms with van der Waals surface area (Å²) in [7, 11) is 0. The average molecular weight is 328 g/mol. The van der Waals surface area contributed by atoms with Crippen molar-refractivity contribution in [2.24, 2.45) is 0 Å². The molecule has 1 aliphatic heterocycles. The van der Waals surface area contributed by atoms with Gasteiger partial charge in [-0.2, -0.15) is 27.1 Å². The molecule has 0 aromatic carbocycles. The van der Waals surface area contributed by atoms with Crippen LogP contribution < -0.4 is 0 Å². The maximum Gasteiger partial charge on any atom is 0.459 e. The molecule has 8 heteroatoms. The summed E-state index contributed by atoms with van der Waals surface area (Å²) in [6.45, 7) is 7.80. The first-order chi connectivity index (χ1) is 10.1. The highest BCUT2D eigenvalue weighted by atomic mass is 19.4. The molecule has 1 aromatic heterocycles. The van der Waals surface area contributed by atoms with E-state index in [1.807, 2.05) is 13.8 Å². The summed E-state index contributed by atoms with van der Waals surface area (Å²) in [5.74, 6) is -5.16. The van der Waals surface area contributed by atoms with E-state index < -0.39 is 23.8 Å². The van der Waals surface area contributed by atoms with E-state index in [0.717, 1.165) is 10.7 Å². The van der Waals surface area contributed by atoms with Crippen LogP contribution in [0.5, 0.6) is 0 Å². The smallest absolute Gasteiger partial charge is 0.379 e. The molecule has 22 heavy (non-hydrogen) atoms. The van der Waals surface area contributed by atoms with Crippen LogP contribution in [0.4, 0.5) is 22.0 Å². The molecule has 1 atom stereocenters. The minimum atomic E-state index is -5.64. The third kappa shape index (κ3) is 3.59. The van der Waals surface area contributed by atoms with Crippen molar-refractivity contribution < 1.29 is 26.7 Å². The van der Waals surface area contributed by atoms with Crippen molar-refractivity contribution in [1.82, 2.24) is 9.78 Å². The molecule has 1 aromatic rings. The molecule has 2 rings (SSSR count). The second kappa shape index (κ2) is 6.93. The van der Waals surface area contributed by atoms with E-state index in [1.165, 1.54) is 0 Å². The number of alkyl halides is 5. The van der Waals surface area contributed by atoms with E-state index in [4.69, 9.17) is 4.74 Å². The third-order valence-electron chi connectivity index (χ3n) is 3.28. The normalized spacial score (nSPS) is 19.3. The van der Waals surface area contributed by atoms with Gasteiger partial charge in [-0.05, 0) is 18.4 Å². The Morgan fingerprint density at radius 2 is 1.82 bits per heavy atom. The Bertz CT molecular complexity index is 476. The van der Waals surface area contributed by atoms with Crippen LogP contribution in [0.3, 0.4) is 0 Å². The zero-order valence-corrected chi connectivity index (χ0v) is 13.0. The molecule has 1 saturated heterocycles. The predicted octanol–water partition coefficient (Wildman–Crippen LogP) is 4.65. The van der Waals surface area contributed by atoms with Crippen LogP contribution in [-0.2, 0) is 10.7 Å². The van der Waals surface area contributed by atoms with Crippen LogP contribution in [0.25, 0.3) is 0 Å². The Labute approximate surface area is 126 Å². The molecule has 1 unspecified atom stereocenters. The maximum atomic E-state index is 13.6. The molecule has 0 aliphatic carbocycles. The third-order valence-corrected chi connectivity index (χ3v) is 3.28. The molecular formula is C14H21F5N2O. The molecule has 1 fully saturated rings. The number of halogens is 5. The quantitative estimate of drug-likeness (QED) is 0.755. The van der Waals surface area contributed by atoms with Gasteiger partial charge in [-0.15, -0.1) is 0 Å². The van der Waals surface area contributed by atoms with Gasteiger partial charge in [0.25, 0.3) is 0 Å². The predicted molar refractivity (Wildman–Crippen MR) is 72.1 cm³/mol. The van der Waals surface area contributed by atoms with E-state index in [-0.39, 0.29) is 18.2 Å². The number of hydrogen-bond acceptors (Lipinski definition) is 2. The van der Waals surface area contributed by atoms with E-state index >= 15 is 0 Å². The lowest BCUT2D eigenvalue weighted by Gasteiger charge is -2.22. The highest BCUT2D eigenvalue weighted by molar-refractivity contribution is 5.20. The minimum absolute atomic E-state index is 0.0974. The first-order valence-corrected chi connectivity index (χ1v) is 7.26. The molecule has 0 radical (unpaired) electrons. The zero-order chi connectivity index (χ0) is 17.1. The first kappa shape index (κ1) is 18.9. The second-order valence-electron chi connectivity index (χ2n) is 5.14. The lowest BCUT2D eigenvalue weighted by atomic mass is 10.1. The molecular weight excluding hydrogens is 307 g/mol. The van der Waals surface area contributed by atoms with E-state index in [2.05, 4.69) is 5.10 Å². The van der Waals surface area contributed by atoms with Crippen molar-refractivity contribution in [2.75, 3.05) is 13.2 Å². The molecule has 3 nitrogen and oxygen atoms in total. The lowest BCUT2D eigenvalue weighted by molar-refractivity contribution is -0.292. The maximum absolute atomic E-state index is 13.6. The summed E-state index contributed by atoms with van der Waals surface area (Å²) in [5.41, 5.74) is -0.889. The Kier molecular flexibility index (Phi) is 5.95.